The highest BCUT2D eigenvalue weighted by atomic mass is 15.2. The van der Waals surface area contributed by atoms with Gasteiger partial charge in [-0.3, -0.25) is 16.3 Å². The third-order valence-electron chi connectivity index (χ3n) is 3.69. The van der Waals surface area contributed by atoms with E-state index in [0.717, 1.165) is 17.8 Å². The van der Waals surface area contributed by atoms with Crippen LogP contribution in [0, 0.1) is 13.8 Å². The lowest BCUT2D eigenvalue weighted by molar-refractivity contribution is 0.474. The number of hydrogen-bond acceptors (Lipinski definition) is 3. The molecule has 0 aromatic carbocycles. The first-order chi connectivity index (χ1) is 9.19. The van der Waals surface area contributed by atoms with Gasteiger partial charge in [0.15, 0.2) is 0 Å². The van der Waals surface area contributed by atoms with E-state index in [1.54, 1.807) is 0 Å². The van der Waals surface area contributed by atoms with Crippen LogP contribution in [0.25, 0.3) is 0 Å². The molecule has 0 aliphatic carbocycles. The summed E-state index contributed by atoms with van der Waals surface area (Å²) in [6, 6.07) is 4.45. The number of nitrogens with zero attached hydrogens (tertiary/aromatic N) is 1. The zero-order valence-electron chi connectivity index (χ0n) is 12.7. The van der Waals surface area contributed by atoms with Crippen LogP contribution in [-0.4, -0.2) is 4.98 Å². The maximum atomic E-state index is 5.70. The van der Waals surface area contributed by atoms with Gasteiger partial charge in [0.1, 0.15) is 0 Å². The molecule has 1 atom stereocenters. The van der Waals surface area contributed by atoms with Crippen molar-refractivity contribution in [3.63, 3.8) is 0 Å². The van der Waals surface area contributed by atoms with Gasteiger partial charge in [0.2, 0.25) is 0 Å². The van der Waals surface area contributed by atoms with Crippen molar-refractivity contribution in [1.82, 2.24) is 10.4 Å². The van der Waals surface area contributed by atoms with Gasteiger partial charge in [-0.25, -0.2) is 0 Å². The molecule has 0 spiro atoms. The summed E-state index contributed by atoms with van der Waals surface area (Å²) in [4.78, 5) is 4.52. The Morgan fingerprint density at radius 1 is 1.11 bits per heavy atom. The quantitative estimate of drug-likeness (QED) is 0.403. The molecular weight excluding hydrogens is 234 g/mol. The Morgan fingerprint density at radius 2 is 1.79 bits per heavy atom. The van der Waals surface area contributed by atoms with Gasteiger partial charge >= 0.3 is 0 Å². The number of aromatic nitrogens is 1. The fourth-order valence-electron chi connectivity index (χ4n) is 2.52. The predicted molar refractivity (Wildman–Crippen MR) is 81.8 cm³/mol. The summed E-state index contributed by atoms with van der Waals surface area (Å²) in [5.74, 6) is 5.70. The Balaban J connectivity index is 2.40. The Bertz CT molecular complexity index is 363. The molecule has 1 unspecified atom stereocenters. The van der Waals surface area contributed by atoms with Crippen LogP contribution in [-0.2, 0) is 0 Å². The Labute approximate surface area is 118 Å². The summed E-state index contributed by atoms with van der Waals surface area (Å²) < 4.78 is 0. The second kappa shape index (κ2) is 9.05. The Kier molecular flexibility index (Phi) is 7.68. The van der Waals surface area contributed by atoms with E-state index in [-0.39, 0.29) is 6.04 Å². The molecule has 0 fully saturated rings. The van der Waals surface area contributed by atoms with Crippen LogP contribution in [0.5, 0.6) is 0 Å². The molecule has 0 bridgehead atoms. The van der Waals surface area contributed by atoms with E-state index in [4.69, 9.17) is 5.84 Å². The molecule has 0 saturated carbocycles. The van der Waals surface area contributed by atoms with Crippen molar-refractivity contribution in [2.45, 2.75) is 71.8 Å². The molecule has 1 rings (SSSR count). The van der Waals surface area contributed by atoms with Crippen LogP contribution in [0.4, 0.5) is 0 Å². The van der Waals surface area contributed by atoms with Crippen LogP contribution < -0.4 is 11.3 Å². The van der Waals surface area contributed by atoms with Crippen molar-refractivity contribution >= 4 is 0 Å². The molecule has 0 radical (unpaired) electrons. The molecular formula is C16H29N3. The number of unbranched alkanes of at least 4 members (excludes halogenated alkanes) is 5. The third kappa shape index (κ3) is 5.70. The van der Waals surface area contributed by atoms with E-state index in [9.17, 15) is 0 Å². The van der Waals surface area contributed by atoms with Crippen LogP contribution >= 0.6 is 0 Å². The summed E-state index contributed by atoms with van der Waals surface area (Å²) in [6.07, 6.45) is 9.00. The monoisotopic (exact) mass is 263 g/mol. The summed E-state index contributed by atoms with van der Waals surface area (Å²) >= 11 is 0. The topological polar surface area (TPSA) is 50.9 Å². The van der Waals surface area contributed by atoms with Crippen molar-refractivity contribution in [3.05, 3.63) is 29.1 Å². The molecule has 108 valence electrons. The normalized spacial score (nSPS) is 12.6. The van der Waals surface area contributed by atoms with Gasteiger partial charge < -0.3 is 0 Å². The van der Waals surface area contributed by atoms with E-state index >= 15 is 0 Å². The minimum atomic E-state index is 0.235. The second-order valence-electron chi connectivity index (χ2n) is 5.40. The third-order valence-corrected chi connectivity index (χ3v) is 3.69. The van der Waals surface area contributed by atoms with E-state index in [1.807, 2.05) is 6.92 Å². The van der Waals surface area contributed by atoms with E-state index in [2.05, 4.69) is 36.4 Å². The highest BCUT2D eigenvalue weighted by molar-refractivity contribution is 5.24. The zero-order valence-corrected chi connectivity index (χ0v) is 12.7. The number of hydrazine groups is 1. The number of nitrogens with one attached hydrogen (secondary N) is 1. The van der Waals surface area contributed by atoms with Crippen molar-refractivity contribution in [2.75, 3.05) is 0 Å². The van der Waals surface area contributed by atoms with E-state index < -0.39 is 0 Å². The summed E-state index contributed by atoms with van der Waals surface area (Å²) in [7, 11) is 0. The lowest BCUT2D eigenvalue weighted by Crippen LogP contribution is -2.28. The largest absolute Gasteiger partial charge is 0.271 e. The predicted octanol–water partition coefficient (Wildman–Crippen LogP) is 3.95. The molecule has 3 N–H and O–H groups in total. The van der Waals surface area contributed by atoms with E-state index in [1.165, 1.54) is 44.1 Å². The lowest BCUT2D eigenvalue weighted by atomic mass is 9.99. The number of aryl methyl sites for hydroxylation is 2. The molecule has 1 heterocycles. The molecule has 0 aliphatic rings. The van der Waals surface area contributed by atoms with Crippen LogP contribution in [0.1, 0.15) is 74.9 Å². The fraction of sp³-hybridized carbons (Fsp3) is 0.688. The maximum Gasteiger partial charge on any atom is 0.0477 e. The van der Waals surface area contributed by atoms with Gasteiger partial charge in [0.25, 0.3) is 0 Å². The summed E-state index contributed by atoms with van der Waals surface area (Å²) in [5.41, 5.74) is 6.34. The second-order valence-corrected chi connectivity index (χ2v) is 5.40. The number of rotatable bonds is 9. The fourth-order valence-corrected chi connectivity index (χ4v) is 2.52. The highest BCUT2D eigenvalue weighted by Gasteiger charge is 2.12. The molecule has 19 heavy (non-hydrogen) atoms. The first kappa shape index (κ1) is 16.1. The molecule has 1 aromatic rings. The van der Waals surface area contributed by atoms with Gasteiger partial charge in [-0.15, -0.1) is 0 Å². The lowest BCUT2D eigenvalue weighted by Gasteiger charge is -2.18. The van der Waals surface area contributed by atoms with Crippen LogP contribution in [0.3, 0.4) is 0 Å². The molecule has 0 aliphatic heterocycles. The average molecular weight is 263 g/mol. The summed E-state index contributed by atoms with van der Waals surface area (Å²) in [5, 5.41) is 0. The molecule has 3 heteroatoms. The first-order valence-electron chi connectivity index (χ1n) is 7.59. The molecule has 1 aromatic heterocycles. The van der Waals surface area contributed by atoms with E-state index in [0.29, 0.717) is 0 Å². The molecule has 0 amide bonds. The standard InChI is InChI=1S/C16H29N3/c1-4-5-6-7-8-9-10-16(19-17)15-12-11-13(2)18-14(15)3/h11-12,16,19H,4-10,17H2,1-3H3. The molecule has 0 saturated heterocycles. The molecule has 3 nitrogen and oxygen atoms in total. The summed E-state index contributed by atoms with van der Waals surface area (Å²) in [6.45, 7) is 6.34. The zero-order chi connectivity index (χ0) is 14.1. The number of pyridine rings is 1. The minimum Gasteiger partial charge on any atom is -0.271 e. The average Bonchev–Trinajstić information content (AvgIpc) is 2.39. The first-order valence-corrected chi connectivity index (χ1v) is 7.59. The Morgan fingerprint density at radius 3 is 2.42 bits per heavy atom. The van der Waals surface area contributed by atoms with Gasteiger partial charge in [-0.05, 0) is 31.9 Å². The van der Waals surface area contributed by atoms with Crippen molar-refractivity contribution in [1.29, 1.82) is 0 Å². The smallest absolute Gasteiger partial charge is 0.0477 e. The van der Waals surface area contributed by atoms with Gasteiger partial charge in [0.05, 0.1) is 0 Å². The van der Waals surface area contributed by atoms with Crippen molar-refractivity contribution in [3.8, 4) is 0 Å². The SMILES string of the molecule is CCCCCCCCC(NN)c1ccc(C)nc1C. The van der Waals surface area contributed by atoms with Gasteiger partial charge in [0, 0.05) is 17.4 Å². The number of hydrogen-bond donors (Lipinski definition) is 2. The Hall–Kier alpha value is -0.930. The minimum absolute atomic E-state index is 0.235. The van der Waals surface area contributed by atoms with Crippen molar-refractivity contribution < 1.29 is 0 Å². The van der Waals surface area contributed by atoms with Gasteiger partial charge in [-0.1, -0.05) is 51.5 Å². The van der Waals surface area contributed by atoms with Crippen LogP contribution in [0.15, 0.2) is 12.1 Å². The van der Waals surface area contributed by atoms with Gasteiger partial charge in [-0.2, -0.15) is 0 Å². The highest BCUT2D eigenvalue weighted by Crippen LogP contribution is 2.22. The maximum absolute atomic E-state index is 5.70. The van der Waals surface area contributed by atoms with Crippen molar-refractivity contribution in [2.24, 2.45) is 5.84 Å². The number of nitrogens with two attached hydrogens (primary N) is 1. The van der Waals surface area contributed by atoms with Crippen LogP contribution in [0.2, 0.25) is 0 Å².